The van der Waals surface area contributed by atoms with Gasteiger partial charge < -0.3 is 9.62 Å². The minimum atomic E-state index is -0.363. The SMILES string of the molecule is CC(=O)OCC=COO. The van der Waals surface area contributed by atoms with Crippen LogP contribution < -0.4 is 0 Å². The van der Waals surface area contributed by atoms with E-state index in [-0.39, 0.29) is 12.6 Å². The highest BCUT2D eigenvalue weighted by Gasteiger charge is 1.85. The summed E-state index contributed by atoms with van der Waals surface area (Å²) in [5.74, 6) is -0.363. The molecule has 0 saturated heterocycles. The molecule has 0 heterocycles. The van der Waals surface area contributed by atoms with Crippen molar-refractivity contribution in [2.75, 3.05) is 6.61 Å². The molecule has 4 heteroatoms. The van der Waals surface area contributed by atoms with Gasteiger partial charge in [0.2, 0.25) is 0 Å². The van der Waals surface area contributed by atoms with Crippen LogP contribution in [0.3, 0.4) is 0 Å². The van der Waals surface area contributed by atoms with E-state index >= 15 is 0 Å². The van der Waals surface area contributed by atoms with Crippen molar-refractivity contribution in [3.63, 3.8) is 0 Å². The second-order valence-electron chi connectivity index (χ2n) is 1.28. The van der Waals surface area contributed by atoms with Crippen molar-refractivity contribution in [3.05, 3.63) is 12.3 Å². The van der Waals surface area contributed by atoms with E-state index in [2.05, 4.69) is 9.62 Å². The van der Waals surface area contributed by atoms with Crippen LogP contribution in [-0.4, -0.2) is 17.8 Å². The Labute approximate surface area is 52.6 Å². The summed E-state index contributed by atoms with van der Waals surface area (Å²) in [6.07, 6.45) is 2.38. The van der Waals surface area contributed by atoms with E-state index in [0.29, 0.717) is 0 Å². The lowest BCUT2D eigenvalue weighted by molar-refractivity contribution is -0.187. The molecule has 9 heavy (non-hydrogen) atoms. The largest absolute Gasteiger partial charge is 0.462 e. The Kier molecular flexibility index (Phi) is 4.53. The minimum Gasteiger partial charge on any atom is -0.462 e. The molecule has 0 fully saturated rings. The Hall–Kier alpha value is -1.03. The molecular weight excluding hydrogens is 124 g/mol. The normalized spacial score (nSPS) is 9.56. The van der Waals surface area contributed by atoms with Crippen LogP contribution in [0, 0.1) is 0 Å². The molecule has 0 radical (unpaired) electrons. The summed E-state index contributed by atoms with van der Waals surface area (Å²) in [5.41, 5.74) is 0. The molecule has 0 rings (SSSR count). The van der Waals surface area contributed by atoms with Gasteiger partial charge in [0, 0.05) is 6.92 Å². The summed E-state index contributed by atoms with van der Waals surface area (Å²) in [7, 11) is 0. The van der Waals surface area contributed by atoms with Gasteiger partial charge in [-0.25, -0.2) is 5.26 Å². The van der Waals surface area contributed by atoms with Gasteiger partial charge in [-0.3, -0.25) is 4.79 Å². The highest BCUT2D eigenvalue weighted by atomic mass is 17.1. The molecule has 0 spiro atoms. The number of ether oxygens (including phenoxy) is 1. The zero-order valence-electron chi connectivity index (χ0n) is 5.03. The van der Waals surface area contributed by atoms with Gasteiger partial charge in [-0.2, -0.15) is 0 Å². The van der Waals surface area contributed by atoms with E-state index in [1.807, 2.05) is 0 Å². The molecule has 0 aromatic heterocycles. The molecule has 52 valence electrons. The summed E-state index contributed by atoms with van der Waals surface area (Å²) in [4.78, 5) is 13.6. The Morgan fingerprint density at radius 3 is 2.89 bits per heavy atom. The lowest BCUT2D eigenvalue weighted by Gasteiger charge is -1.92. The van der Waals surface area contributed by atoms with Crippen LogP contribution in [0.2, 0.25) is 0 Å². The Morgan fingerprint density at radius 2 is 2.44 bits per heavy atom. The first kappa shape index (κ1) is 7.97. The minimum absolute atomic E-state index is 0.121. The third kappa shape index (κ3) is 6.97. The van der Waals surface area contributed by atoms with Crippen LogP contribution >= 0.6 is 0 Å². The van der Waals surface area contributed by atoms with Gasteiger partial charge in [-0.1, -0.05) is 0 Å². The first-order valence-corrected chi connectivity index (χ1v) is 2.36. The molecule has 0 amide bonds. The molecule has 0 saturated carbocycles. The fraction of sp³-hybridized carbons (Fsp3) is 0.400. The molecule has 0 bridgehead atoms. The lowest BCUT2D eigenvalue weighted by atomic mass is 10.7. The van der Waals surface area contributed by atoms with Crippen molar-refractivity contribution < 1.29 is 19.7 Å². The van der Waals surface area contributed by atoms with Crippen molar-refractivity contribution in [2.24, 2.45) is 0 Å². The zero-order chi connectivity index (χ0) is 7.11. The average Bonchev–Trinajstić information content (AvgIpc) is 1.80. The predicted molar refractivity (Wildman–Crippen MR) is 29.5 cm³/mol. The second kappa shape index (κ2) is 5.11. The van der Waals surface area contributed by atoms with Gasteiger partial charge >= 0.3 is 5.97 Å². The Morgan fingerprint density at radius 1 is 1.78 bits per heavy atom. The Balaban J connectivity index is 3.09. The van der Waals surface area contributed by atoms with E-state index in [4.69, 9.17) is 5.26 Å². The predicted octanol–water partition coefficient (Wildman–Crippen LogP) is 0.553. The van der Waals surface area contributed by atoms with Crippen molar-refractivity contribution in [3.8, 4) is 0 Å². The van der Waals surface area contributed by atoms with Gasteiger partial charge in [0.25, 0.3) is 0 Å². The van der Waals surface area contributed by atoms with Gasteiger partial charge in [-0.15, -0.1) is 0 Å². The molecule has 4 nitrogen and oxygen atoms in total. The number of rotatable bonds is 3. The van der Waals surface area contributed by atoms with Crippen molar-refractivity contribution >= 4 is 5.97 Å². The van der Waals surface area contributed by atoms with E-state index < -0.39 is 0 Å². The second-order valence-corrected chi connectivity index (χ2v) is 1.28. The fourth-order valence-electron chi connectivity index (χ4n) is 0.248. The third-order valence-electron chi connectivity index (χ3n) is 0.540. The summed E-state index contributed by atoms with van der Waals surface area (Å²) >= 11 is 0. The van der Waals surface area contributed by atoms with E-state index in [0.717, 1.165) is 6.26 Å². The highest BCUT2D eigenvalue weighted by Crippen LogP contribution is 1.77. The first-order chi connectivity index (χ1) is 4.27. The molecule has 0 aliphatic heterocycles. The maximum Gasteiger partial charge on any atom is 0.302 e. The number of carbonyl (C=O) groups excluding carboxylic acids is 1. The maximum atomic E-state index is 10.0. The topological polar surface area (TPSA) is 55.8 Å². The van der Waals surface area contributed by atoms with Gasteiger partial charge in [0.15, 0.2) is 0 Å². The molecule has 0 unspecified atom stereocenters. The number of esters is 1. The van der Waals surface area contributed by atoms with Crippen LogP contribution in [0.4, 0.5) is 0 Å². The quantitative estimate of drug-likeness (QED) is 0.264. The summed E-state index contributed by atoms with van der Waals surface area (Å²) < 4.78 is 4.43. The molecule has 0 aromatic carbocycles. The molecule has 0 atom stereocenters. The summed E-state index contributed by atoms with van der Waals surface area (Å²) in [6.45, 7) is 1.42. The molecule has 1 N–H and O–H groups in total. The first-order valence-electron chi connectivity index (χ1n) is 2.36. The van der Waals surface area contributed by atoms with Crippen molar-refractivity contribution in [2.45, 2.75) is 6.92 Å². The standard InChI is InChI=1S/C5H8O4/c1-5(6)8-3-2-4-9-7/h2,4,7H,3H2,1H3. The number of hydrogen-bond donors (Lipinski definition) is 1. The van der Waals surface area contributed by atoms with Gasteiger partial charge in [0.1, 0.15) is 12.9 Å². The summed E-state index contributed by atoms with van der Waals surface area (Å²) in [5, 5.41) is 7.70. The van der Waals surface area contributed by atoms with E-state index in [9.17, 15) is 4.79 Å². The Bertz CT molecular complexity index is 108. The average molecular weight is 132 g/mol. The van der Waals surface area contributed by atoms with Crippen molar-refractivity contribution in [1.82, 2.24) is 0 Å². The number of hydrogen-bond acceptors (Lipinski definition) is 4. The zero-order valence-corrected chi connectivity index (χ0v) is 5.03. The number of carbonyl (C=O) groups is 1. The maximum absolute atomic E-state index is 10.0. The smallest absolute Gasteiger partial charge is 0.302 e. The molecule has 0 aliphatic carbocycles. The fourth-order valence-corrected chi connectivity index (χ4v) is 0.248. The molecular formula is C5H8O4. The monoisotopic (exact) mass is 132 g/mol. The lowest BCUT2D eigenvalue weighted by Crippen LogP contribution is -1.97. The van der Waals surface area contributed by atoms with Crippen molar-refractivity contribution in [1.29, 1.82) is 0 Å². The molecule has 0 aliphatic rings. The van der Waals surface area contributed by atoms with E-state index in [1.54, 1.807) is 0 Å². The molecule has 0 aromatic rings. The van der Waals surface area contributed by atoms with Crippen LogP contribution in [-0.2, 0) is 14.4 Å². The van der Waals surface area contributed by atoms with Crippen LogP contribution in [0.15, 0.2) is 12.3 Å². The summed E-state index contributed by atoms with van der Waals surface area (Å²) in [6, 6.07) is 0. The highest BCUT2D eigenvalue weighted by molar-refractivity contribution is 5.65. The van der Waals surface area contributed by atoms with E-state index in [1.165, 1.54) is 13.0 Å². The van der Waals surface area contributed by atoms with Gasteiger partial charge in [0.05, 0.1) is 0 Å². The van der Waals surface area contributed by atoms with Crippen LogP contribution in [0.5, 0.6) is 0 Å². The van der Waals surface area contributed by atoms with Crippen LogP contribution in [0.25, 0.3) is 0 Å². The van der Waals surface area contributed by atoms with Crippen LogP contribution in [0.1, 0.15) is 6.92 Å². The third-order valence-corrected chi connectivity index (χ3v) is 0.540. The van der Waals surface area contributed by atoms with Gasteiger partial charge in [-0.05, 0) is 6.08 Å².